The van der Waals surface area contributed by atoms with Gasteiger partial charge in [-0.1, -0.05) is 18.2 Å². The highest BCUT2D eigenvalue weighted by Crippen LogP contribution is 2.23. The maximum atomic E-state index is 13.4. The number of hydrogen-bond donors (Lipinski definition) is 2. The number of ether oxygens (including phenoxy) is 1. The van der Waals surface area contributed by atoms with Gasteiger partial charge in [-0.2, -0.15) is 0 Å². The van der Waals surface area contributed by atoms with Gasteiger partial charge < -0.3 is 14.9 Å². The molecule has 2 aromatic carbocycles. The van der Waals surface area contributed by atoms with Crippen LogP contribution in [-0.4, -0.2) is 16.2 Å². The zero-order valence-electron chi connectivity index (χ0n) is 12.0. The lowest BCUT2D eigenvalue weighted by molar-refractivity contribution is -0.131. The molecular formula is C17H14F2O4. The molecule has 4 nitrogen and oxygen atoms in total. The van der Waals surface area contributed by atoms with E-state index < -0.39 is 17.6 Å². The Balaban J connectivity index is 2.03. The van der Waals surface area contributed by atoms with E-state index in [1.165, 1.54) is 12.1 Å². The molecule has 0 aliphatic rings. The number of phenolic OH excluding ortho intramolecular Hbond substituents is 1. The van der Waals surface area contributed by atoms with Gasteiger partial charge in [0.25, 0.3) is 0 Å². The van der Waals surface area contributed by atoms with Crippen LogP contribution in [-0.2, 0) is 17.8 Å². The average Bonchev–Trinajstić information content (AvgIpc) is 2.50. The van der Waals surface area contributed by atoms with Gasteiger partial charge in [0, 0.05) is 12.1 Å². The summed E-state index contributed by atoms with van der Waals surface area (Å²) in [6.07, 6.45) is 2.66. The molecule has 0 spiro atoms. The van der Waals surface area contributed by atoms with E-state index in [4.69, 9.17) is 9.84 Å². The van der Waals surface area contributed by atoms with Gasteiger partial charge in [0.05, 0.1) is 0 Å². The molecule has 0 aromatic heterocycles. The van der Waals surface area contributed by atoms with Crippen LogP contribution in [0.2, 0.25) is 0 Å². The van der Waals surface area contributed by atoms with Crippen molar-refractivity contribution in [3.8, 4) is 11.5 Å². The van der Waals surface area contributed by atoms with Crippen LogP contribution in [0.4, 0.5) is 8.78 Å². The van der Waals surface area contributed by atoms with E-state index in [-0.39, 0.29) is 24.5 Å². The summed E-state index contributed by atoms with van der Waals surface area (Å²) in [5.41, 5.74) is 1.11. The smallest absolute Gasteiger partial charge is 0.327 e. The topological polar surface area (TPSA) is 66.8 Å². The molecule has 23 heavy (non-hydrogen) atoms. The largest absolute Gasteiger partial charge is 0.508 e. The monoisotopic (exact) mass is 320 g/mol. The maximum Gasteiger partial charge on any atom is 0.327 e. The number of aliphatic carboxylic acids is 1. The molecule has 0 atom stereocenters. The van der Waals surface area contributed by atoms with Crippen LogP contribution in [0.5, 0.6) is 11.5 Å². The third-order valence-corrected chi connectivity index (χ3v) is 3.04. The third-order valence-electron chi connectivity index (χ3n) is 3.04. The van der Waals surface area contributed by atoms with Crippen LogP contribution in [0, 0.1) is 11.6 Å². The van der Waals surface area contributed by atoms with Crippen LogP contribution < -0.4 is 4.74 Å². The molecule has 0 bridgehead atoms. The molecule has 0 saturated heterocycles. The van der Waals surface area contributed by atoms with Gasteiger partial charge in [0.2, 0.25) is 0 Å². The lowest BCUT2D eigenvalue weighted by Gasteiger charge is -2.09. The van der Waals surface area contributed by atoms with Gasteiger partial charge in [0.15, 0.2) is 11.6 Å². The second-order valence-corrected chi connectivity index (χ2v) is 4.77. The van der Waals surface area contributed by atoms with Gasteiger partial charge in [-0.05, 0) is 35.7 Å². The van der Waals surface area contributed by atoms with Crippen LogP contribution in [0.25, 0.3) is 0 Å². The first-order valence-corrected chi connectivity index (χ1v) is 6.74. The van der Waals surface area contributed by atoms with E-state index in [0.29, 0.717) is 11.1 Å². The van der Waals surface area contributed by atoms with Gasteiger partial charge in [-0.3, -0.25) is 0 Å². The first-order chi connectivity index (χ1) is 11.0. The molecule has 0 aliphatic carbocycles. The summed E-state index contributed by atoms with van der Waals surface area (Å²) >= 11 is 0. The van der Waals surface area contributed by atoms with Crippen LogP contribution in [0.15, 0.2) is 48.6 Å². The molecule has 0 saturated carbocycles. The van der Waals surface area contributed by atoms with Gasteiger partial charge in [-0.15, -0.1) is 0 Å². The van der Waals surface area contributed by atoms with Crippen LogP contribution in [0.3, 0.4) is 0 Å². The molecule has 6 heteroatoms. The van der Waals surface area contributed by atoms with Gasteiger partial charge in [0.1, 0.15) is 18.2 Å². The summed E-state index contributed by atoms with van der Waals surface area (Å²) < 4.78 is 31.6. The summed E-state index contributed by atoms with van der Waals surface area (Å²) in [6, 6.07) is 7.61. The van der Waals surface area contributed by atoms with Crippen molar-refractivity contribution in [2.75, 3.05) is 0 Å². The van der Waals surface area contributed by atoms with Crippen molar-refractivity contribution >= 4 is 5.97 Å². The summed E-state index contributed by atoms with van der Waals surface area (Å²) in [4.78, 5) is 10.4. The molecule has 0 radical (unpaired) electrons. The number of allylic oxidation sites excluding steroid dienone is 1. The Bertz CT molecular complexity index is 741. The van der Waals surface area contributed by atoms with Crippen molar-refractivity contribution in [3.63, 3.8) is 0 Å². The number of phenols is 1. The Morgan fingerprint density at radius 1 is 1.17 bits per heavy atom. The molecular weight excluding hydrogens is 306 g/mol. The zero-order valence-corrected chi connectivity index (χ0v) is 12.0. The van der Waals surface area contributed by atoms with E-state index in [0.717, 1.165) is 24.3 Å². The Morgan fingerprint density at radius 2 is 1.96 bits per heavy atom. The van der Waals surface area contributed by atoms with Crippen molar-refractivity contribution in [2.24, 2.45) is 0 Å². The molecule has 0 fully saturated rings. The number of rotatable bonds is 6. The first-order valence-electron chi connectivity index (χ1n) is 6.74. The third kappa shape index (κ3) is 4.81. The van der Waals surface area contributed by atoms with E-state index in [1.807, 2.05) is 0 Å². The number of carboxylic acids is 1. The molecule has 2 rings (SSSR count). The van der Waals surface area contributed by atoms with E-state index in [2.05, 4.69) is 0 Å². The van der Waals surface area contributed by atoms with Crippen LogP contribution >= 0.6 is 0 Å². The molecule has 0 aliphatic heterocycles. The van der Waals surface area contributed by atoms with E-state index in [1.54, 1.807) is 12.1 Å². The predicted octanol–water partition coefficient (Wildman–Crippen LogP) is 3.43. The Hall–Kier alpha value is -2.89. The highest BCUT2D eigenvalue weighted by Gasteiger charge is 2.07. The maximum absolute atomic E-state index is 13.4. The Kier molecular flexibility index (Phi) is 5.30. The summed E-state index contributed by atoms with van der Waals surface area (Å²) in [7, 11) is 0. The summed E-state index contributed by atoms with van der Waals surface area (Å²) in [5.74, 6) is -2.58. The number of aromatic hydroxyl groups is 1. The minimum atomic E-state index is -1.06. The highest BCUT2D eigenvalue weighted by atomic mass is 19.1. The SMILES string of the molecule is O=C(O)C=CCc1ccc(COc2cc(F)ccc2F)cc1O. The van der Waals surface area contributed by atoms with Crippen LogP contribution in [0.1, 0.15) is 11.1 Å². The Morgan fingerprint density at radius 3 is 2.65 bits per heavy atom. The molecule has 0 amide bonds. The lowest BCUT2D eigenvalue weighted by Crippen LogP contribution is -1.98. The zero-order chi connectivity index (χ0) is 16.8. The molecule has 0 heterocycles. The lowest BCUT2D eigenvalue weighted by atomic mass is 10.1. The van der Waals surface area contributed by atoms with E-state index >= 15 is 0 Å². The first kappa shape index (κ1) is 16.5. The number of hydrogen-bond acceptors (Lipinski definition) is 3. The fourth-order valence-electron chi connectivity index (χ4n) is 1.91. The second kappa shape index (κ2) is 7.40. The number of carboxylic acid groups (broad SMARTS) is 1. The molecule has 120 valence electrons. The molecule has 0 unspecified atom stereocenters. The number of benzene rings is 2. The van der Waals surface area contributed by atoms with Gasteiger partial charge >= 0.3 is 5.97 Å². The van der Waals surface area contributed by atoms with Crippen molar-refractivity contribution in [1.29, 1.82) is 0 Å². The fraction of sp³-hybridized carbons (Fsp3) is 0.118. The Labute approximate surface area is 131 Å². The fourth-order valence-corrected chi connectivity index (χ4v) is 1.91. The summed E-state index contributed by atoms with van der Waals surface area (Å²) in [6.45, 7) is -0.0425. The van der Waals surface area contributed by atoms with Crippen molar-refractivity contribution < 1.29 is 28.5 Å². The summed E-state index contributed by atoms with van der Waals surface area (Å²) in [5, 5.41) is 18.4. The van der Waals surface area contributed by atoms with Crippen molar-refractivity contribution in [1.82, 2.24) is 0 Å². The van der Waals surface area contributed by atoms with Gasteiger partial charge in [-0.25, -0.2) is 13.6 Å². The predicted molar refractivity (Wildman–Crippen MR) is 79.3 cm³/mol. The van der Waals surface area contributed by atoms with Crippen molar-refractivity contribution in [3.05, 3.63) is 71.3 Å². The highest BCUT2D eigenvalue weighted by molar-refractivity contribution is 5.79. The minimum Gasteiger partial charge on any atom is -0.508 e. The standard InChI is InChI=1S/C17H14F2O4/c18-13-6-7-14(19)16(9-13)23-10-11-4-5-12(15(20)8-11)2-1-3-17(21)22/h1,3-9,20H,2,10H2,(H,21,22). The average molecular weight is 320 g/mol. The number of halogens is 2. The molecule has 2 N–H and O–H groups in total. The number of carbonyl (C=O) groups is 1. The minimum absolute atomic E-state index is 0.0270. The second-order valence-electron chi connectivity index (χ2n) is 4.77. The van der Waals surface area contributed by atoms with Crippen molar-refractivity contribution in [2.45, 2.75) is 13.0 Å². The normalized spacial score (nSPS) is 10.9. The quantitative estimate of drug-likeness (QED) is 0.800. The molecule has 2 aromatic rings. The van der Waals surface area contributed by atoms with E-state index in [9.17, 15) is 18.7 Å².